The topological polar surface area (TPSA) is 50.7 Å². The molecule has 0 heterocycles. The zero-order chi connectivity index (χ0) is 14.1. The summed E-state index contributed by atoms with van der Waals surface area (Å²) < 4.78 is 11.5. The molecule has 0 spiro atoms. The van der Waals surface area contributed by atoms with E-state index in [4.69, 9.17) is 9.47 Å². The molecule has 1 rings (SSSR count). The molecule has 0 fully saturated rings. The molecule has 1 unspecified atom stereocenters. The summed E-state index contributed by atoms with van der Waals surface area (Å²) in [5.74, 6) is 0. The Morgan fingerprint density at radius 3 is 2.79 bits per heavy atom. The predicted molar refractivity (Wildman–Crippen MR) is 80.7 cm³/mol. The van der Waals surface area contributed by atoms with E-state index in [0.717, 1.165) is 15.7 Å². The molecule has 0 saturated heterocycles. The lowest BCUT2D eigenvalue weighted by atomic mass is 10.2. The van der Waals surface area contributed by atoms with Gasteiger partial charge in [0.2, 0.25) is 0 Å². The number of aryl methyl sites for hydroxylation is 1. The first-order valence-corrected chi connectivity index (χ1v) is 7.27. The van der Waals surface area contributed by atoms with Crippen LogP contribution in [0.1, 0.15) is 12.5 Å². The van der Waals surface area contributed by atoms with Gasteiger partial charge in [0.1, 0.15) is 0 Å². The summed E-state index contributed by atoms with van der Waals surface area (Å²) in [5, 5.41) is 13.0. The number of hydrogen-bond donors (Lipinski definition) is 2. The molecule has 1 aromatic carbocycles. The van der Waals surface area contributed by atoms with Gasteiger partial charge in [0.25, 0.3) is 0 Å². The molecule has 1 aromatic rings. The van der Waals surface area contributed by atoms with E-state index in [9.17, 15) is 5.11 Å². The monoisotopic (exact) mass is 331 g/mol. The molecule has 0 aliphatic heterocycles. The van der Waals surface area contributed by atoms with E-state index < -0.39 is 6.10 Å². The molecule has 0 amide bonds. The smallest absolute Gasteiger partial charge is 0.0945 e. The number of hydrogen-bond acceptors (Lipinski definition) is 4. The predicted octanol–water partition coefficient (Wildman–Crippen LogP) is 2.58. The van der Waals surface area contributed by atoms with Gasteiger partial charge in [0.15, 0.2) is 0 Å². The van der Waals surface area contributed by atoms with Crippen molar-refractivity contribution in [1.82, 2.24) is 0 Å². The van der Waals surface area contributed by atoms with Crippen molar-refractivity contribution in [1.29, 1.82) is 0 Å². The molecule has 5 heteroatoms. The molecule has 0 radical (unpaired) electrons. The second-order valence-corrected chi connectivity index (χ2v) is 5.04. The summed E-state index contributed by atoms with van der Waals surface area (Å²) in [6, 6.07) is 5.98. The van der Waals surface area contributed by atoms with Crippen molar-refractivity contribution in [2.24, 2.45) is 0 Å². The van der Waals surface area contributed by atoms with Crippen LogP contribution in [0.5, 0.6) is 0 Å². The maximum Gasteiger partial charge on any atom is 0.0945 e. The number of benzene rings is 1. The summed E-state index contributed by atoms with van der Waals surface area (Å²) in [6.45, 7) is 6.51. The van der Waals surface area contributed by atoms with Crippen molar-refractivity contribution in [2.45, 2.75) is 20.0 Å². The first kappa shape index (κ1) is 16.4. The molecule has 0 aliphatic rings. The number of halogens is 1. The van der Waals surface area contributed by atoms with Gasteiger partial charge >= 0.3 is 0 Å². The third kappa shape index (κ3) is 6.38. The number of ether oxygens (including phenoxy) is 2. The van der Waals surface area contributed by atoms with Crippen molar-refractivity contribution >= 4 is 21.6 Å². The highest BCUT2D eigenvalue weighted by atomic mass is 79.9. The first-order valence-electron chi connectivity index (χ1n) is 6.47. The fraction of sp³-hybridized carbons (Fsp3) is 0.571. The lowest BCUT2D eigenvalue weighted by molar-refractivity contribution is 0.0103. The number of nitrogens with one attached hydrogen (secondary N) is 1. The van der Waals surface area contributed by atoms with Crippen LogP contribution in [-0.4, -0.2) is 44.2 Å². The van der Waals surface area contributed by atoms with Crippen LogP contribution < -0.4 is 5.32 Å². The molecule has 19 heavy (non-hydrogen) atoms. The first-order chi connectivity index (χ1) is 9.15. The minimum absolute atomic E-state index is 0.309. The zero-order valence-electron chi connectivity index (χ0n) is 11.5. The lowest BCUT2D eigenvalue weighted by Gasteiger charge is -2.15. The van der Waals surface area contributed by atoms with Crippen LogP contribution in [0.25, 0.3) is 0 Å². The maximum absolute atomic E-state index is 9.78. The SMILES string of the molecule is CCOCCOCC(O)CNc1cccc(C)c1Br. The molecular formula is C14H22BrNO3. The van der Waals surface area contributed by atoms with Crippen molar-refractivity contribution in [3.05, 3.63) is 28.2 Å². The fourth-order valence-electron chi connectivity index (χ4n) is 1.55. The number of rotatable bonds is 9. The quantitative estimate of drug-likeness (QED) is 0.683. The molecule has 4 nitrogen and oxygen atoms in total. The minimum Gasteiger partial charge on any atom is -0.389 e. The minimum atomic E-state index is -0.533. The van der Waals surface area contributed by atoms with Gasteiger partial charge < -0.3 is 19.9 Å². The van der Waals surface area contributed by atoms with Gasteiger partial charge in [-0.15, -0.1) is 0 Å². The average Bonchev–Trinajstić information content (AvgIpc) is 2.40. The molecule has 0 aliphatic carbocycles. The summed E-state index contributed by atoms with van der Waals surface area (Å²) in [7, 11) is 0. The van der Waals surface area contributed by atoms with E-state index >= 15 is 0 Å². The van der Waals surface area contributed by atoms with Gasteiger partial charge in [-0.25, -0.2) is 0 Å². The zero-order valence-corrected chi connectivity index (χ0v) is 13.1. The fourth-order valence-corrected chi connectivity index (χ4v) is 1.96. The summed E-state index contributed by atoms with van der Waals surface area (Å²) in [6.07, 6.45) is -0.533. The molecule has 2 N–H and O–H groups in total. The van der Waals surface area contributed by atoms with E-state index in [1.165, 1.54) is 0 Å². The van der Waals surface area contributed by atoms with E-state index in [-0.39, 0.29) is 0 Å². The highest BCUT2D eigenvalue weighted by Crippen LogP contribution is 2.25. The lowest BCUT2D eigenvalue weighted by Crippen LogP contribution is -2.25. The van der Waals surface area contributed by atoms with Crippen LogP contribution >= 0.6 is 15.9 Å². The molecule has 108 valence electrons. The normalized spacial score (nSPS) is 12.4. The Morgan fingerprint density at radius 2 is 2.05 bits per heavy atom. The highest BCUT2D eigenvalue weighted by molar-refractivity contribution is 9.10. The molecule has 0 aromatic heterocycles. The molecule has 0 bridgehead atoms. The standard InChI is InChI=1S/C14H22BrNO3/c1-3-18-7-8-19-10-12(17)9-16-13-6-4-5-11(2)14(13)15/h4-6,12,16-17H,3,7-10H2,1-2H3. The van der Waals surface area contributed by atoms with Crippen LogP contribution in [0, 0.1) is 6.92 Å². The maximum atomic E-state index is 9.78. The van der Waals surface area contributed by atoms with E-state index in [1.54, 1.807) is 0 Å². The average molecular weight is 332 g/mol. The van der Waals surface area contributed by atoms with Crippen LogP contribution in [-0.2, 0) is 9.47 Å². The van der Waals surface area contributed by atoms with E-state index in [0.29, 0.717) is 33.0 Å². The largest absolute Gasteiger partial charge is 0.389 e. The van der Waals surface area contributed by atoms with Gasteiger partial charge in [0, 0.05) is 23.3 Å². The Hall–Kier alpha value is -0.620. The van der Waals surface area contributed by atoms with Crippen LogP contribution in [0.2, 0.25) is 0 Å². The third-order valence-electron chi connectivity index (χ3n) is 2.61. The Bertz CT molecular complexity index is 374. The molecular weight excluding hydrogens is 310 g/mol. The summed E-state index contributed by atoms with van der Waals surface area (Å²) >= 11 is 3.52. The Balaban J connectivity index is 2.22. The van der Waals surface area contributed by atoms with Crippen LogP contribution in [0.4, 0.5) is 5.69 Å². The van der Waals surface area contributed by atoms with Gasteiger partial charge in [-0.3, -0.25) is 0 Å². The Morgan fingerprint density at radius 1 is 1.32 bits per heavy atom. The van der Waals surface area contributed by atoms with E-state index in [1.807, 2.05) is 32.0 Å². The van der Waals surface area contributed by atoms with Crippen LogP contribution in [0.3, 0.4) is 0 Å². The number of aliphatic hydroxyl groups excluding tert-OH is 1. The Kier molecular flexibility index (Phi) is 8.05. The van der Waals surface area contributed by atoms with Gasteiger partial charge in [-0.05, 0) is 41.4 Å². The van der Waals surface area contributed by atoms with E-state index in [2.05, 4.69) is 21.2 Å². The molecule has 1 atom stereocenters. The molecule has 0 saturated carbocycles. The van der Waals surface area contributed by atoms with Crippen molar-refractivity contribution in [3.8, 4) is 0 Å². The van der Waals surface area contributed by atoms with Gasteiger partial charge in [-0.1, -0.05) is 12.1 Å². The second kappa shape index (κ2) is 9.31. The Labute approximate surface area is 123 Å². The van der Waals surface area contributed by atoms with Gasteiger partial charge in [0.05, 0.1) is 25.9 Å². The number of anilines is 1. The van der Waals surface area contributed by atoms with Gasteiger partial charge in [-0.2, -0.15) is 0 Å². The van der Waals surface area contributed by atoms with Crippen molar-refractivity contribution < 1.29 is 14.6 Å². The second-order valence-electron chi connectivity index (χ2n) is 4.24. The summed E-state index contributed by atoms with van der Waals surface area (Å²) in [5.41, 5.74) is 2.14. The van der Waals surface area contributed by atoms with Crippen molar-refractivity contribution in [2.75, 3.05) is 38.3 Å². The third-order valence-corrected chi connectivity index (χ3v) is 3.66. The number of aliphatic hydroxyl groups is 1. The van der Waals surface area contributed by atoms with Crippen LogP contribution in [0.15, 0.2) is 22.7 Å². The summed E-state index contributed by atoms with van der Waals surface area (Å²) in [4.78, 5) is 0. The highest BCUT2D eigenvalue weighted by Gasteiger charge is 2.06. The van der Waals surface area contributed by atoms with Crippen molar-refractivity contribution in [3.63, 3.8) is 0 Å².